The van der Waals surface area contributed by atoms with E-state index in [0.717, 1.165) is 30.6 Å². The maximum atomic E-state index is 12.8. The molecule has 1 aromatic rings. The van der Waals surface area contributed by atoms with Gasteiger partial charge in [0.25, 0.3) is 5.91 Å². The van der Waals surface area contributed by atoms with Gasteiger partial charge >= 0.3 is 0 Å². The average molecular weight is 384 g/mol. The fraction of sp³-hybridized carbons (Fsp3) is 0.571. The lowest BCUT2D eigenvalue weighted by atomic mass is 9.98. The summed E-state index contributed by atoms with van der Waals surface area (Å²) in [7, 11) is 0. The molecule has 3 heterocycles. The molecule has 28 heavy (non-hydrogen) atoms. The van der Waals surface area contributed by atoms with Gasteiger partial charge in [-0.25, -0.2) is 0 Å². The molecule has 3 atom stereocenters. The van der Waals surface area contributed by atoms with Crippen molar-refractivity contribution in [2.45, 2.75) is 64.3 Å². The molecular formula is C21H28N4O3. The molecule has 1 aromatic carbocycles. The van der Waals surface area contributed by atoms with Gasteiger partial charge in [0.2, 0.25) is 11.8 Å². The molecule has 3 aliphatic rings. The Kier molecular flexibility index (Phi) is 5.21. The quantitative estimate of drug-likeness (QED) is 0.657. The molecule has 7 nitrogen and oxygen atoms in total. The van der Waals surface area contributed by atoms with E-state index in [-0.39, 0.29) is 24.1 Å². The van der Waals surface area contributed by atoms with Gasteiger partial charge in [-0.05, 0) is 42.5 Å². The summed E-state index contributed by atoms with van der Waals surface area (Å²) in [5, 5.41) is 9.56. The van der Waals surface area contributed by atoms with Gasteiger partial charge in [-0.2, -0.15) is 0 Å². The first kappa shape index (κ1) is 19.1. The molecule has 0 bridgehead atoms. The lowest BCUT2D eigenvalue weighted by Crippen LogP contribution is -2.52. The standard InChI is InChI=1S/C21H28N4O3/c1-12(2)19-16(7-8-22-19)23-10-13-3-4-15-14(9-13)11-25(21(15)28)17-5-6-18(26)24-20(17)27/h3-4,9,12,16-17,19,22-23H,5-8,10-11H2,1-2H3,(H,24,26,27)/t16-,17?,19+/m1/s1. The number of nitrogens with one attached hydrogen (secondary N) is 3. The predicted octanol–water partition coefficient (Wildman–Crippen LogP) is 0.924. The Labute approximate surface area is 165 Å². The number of benzene rings is 1. The summed E-state index contributed by atoms with van der Waals surface area (Å²) in [5.74, 6) is -0.170. The van der Waals surface area contributed by atoms with Gasteiger partial charge in [0.1, 0.15) is 6.04 Å². The Bertz CT molecular complexity index is 807. The SMILES string of the molecule is CC(C)[C@@H]1NCC[C@H]1NCc1ccc2c(c1)CN(C1CCC(=O)NC1=O)C2=O. The van der Waals surface area contributed by atoms with Crippen LogP contribution in [0.4, 0.5) is 0 Å². The Morgan fingerprint density at radius 1 is 1.21 bits per heavy atom. The van der Waals surface area contributed by atoms with Crippen LogP contribution in [-0.4, -0.2) is 47.3 Å². The third-order valence-corrected chi connectivity index (χ3v) is 6.14. The second-order valence-electron chi connectivity index (χ2n) is 8.39. The minimum absolute atomic E-state index is 0.121. The van der Waals surface area contributed by atoms with E-state index in [0.29, 0.717) is 36.5 Å². The number of carbonyl (C=O) groups excluding carboxylic acids is 3. The number of nitrogens with zero attached hydrogens (tertiary/aromatic N) is 1. The Balaban J connectivity index is 1.42. The smallest absolute Gasteiger partial charge is 0.255 e. The molecule has 0 saturated carbocycles. The van der Waals surface area contributed by atoms with E-state index in [1.807, 2.05) is 12.1 Å². The van der Waals surface area contributed by atoms with E-state index in [1.54, 1.807) is 4.90 Å². The van der Waals surface area contributed by atoms with Crippen molar-refractivity contribution in [1.82, 2.24) is 20.9 Å². The largest absolute Gasteiger partial charge is 0.322 e. The topological polar surface area (TPSA) is 90.5 Å². The summed E-state index contributed by atoms with van der Waals surface area (Å²) < 4.78 is 0. The first-order chi connectivity index (χ1) is 13.4. The van der Waals surface area contributed by atoms with Crippen LogP contribution >= 0.6 is 0 Å². The Morgan fingerprint density at radius 2 is 2.04 bits per heavy atom. The van der Waals surface area contributed by atoms with Gasteiger partial charge in [0.05, 0.1) is 0 Å². The van der Waals surface area contributed by atoms with Crippen LogP contribution in [0.3, 0.4) is 0 Å². The second kappa shape index (κ2) is 7.64. The Morgan fingerprint density at radius 3 is 2.79 bits per heavy atom. The number of hydrogen-bond donors (Lipinski definition) is 3. The summed E-state index contributed by atoms with van der Waals surface area (Å²) in [5.41, 5.74) is 2.76. The molecule has 2 fully saturated rings. The normalized spacial score (nSPS) is 27.5. The summed E-state index contributed by atoms with van der Waals surface area (Å²) >= 11 is 0. The molecule has 0 aromatic heterocycles. The summed E-state index contributed by atoms with van der Waals surface area (Å²) in [6.07, 6.45) is 1.79. The van der Waals surface area contributed by atoms with Gasteiger partial charge in [0, 0.05) is 37.2 Å². The van der Waals surface area contributed by atoms with Crippen LogP contribution in [0.15, 0.2) is 18.2 Å². The van der Waals surface area contributed by atoms with Crippen LogP contribution in [0.25, 0.3) is 0 Å². The van der Waals surface area contributed by atoms with Crippen molar-refractivity contribution in [1.29, 1.82) is 0 Å². The third-order valence-electron chi connectivity index (χ3n) is 6.14. The van der Waals surface area contributed by atoms with Gasteiger partial charge in [-0.15, -0.1) is 0 Å². The number of rotatable bonds is 5. The van der Waals surface area contributed by atoms with Crippen molar-refractivity contribution >= 4 is 17.7 Å². The summed E-state index contributed by atoms with van der Waals surface area (Å²) in [6.45, 7) is 6.70. The number of hydrogen-bond acceptors (Lipinski definition) is 5. The van der Waals surface area contributed by atoms with Gasteiger partial charge in [0.15, 0.2) is 0 Å². The summed E-state index contributed by atoms with van der Waals surface area (Å²) in [4.78, 5) is 37.9. The van der Waals surface area contributed by atoms with Crippen LogP contribution in [0.2, 0.25) is 0 Å². The molecule has 150 valence electrons. The van der Waals surface area contributed by atoms with E-state index >= 15 is 0 Å². The maximum Gasteiger partial charge on any atom is 0.255 e. The maximum absolute atomic E-state index is 12.8. The number of amides is 3. The fourth-order valence-corrected chi connectivity index (χ4v) is 4.64. The molecular weight excluding hydrogens is 356 g/mol. The second-order valence-corrected chi connectivity index (χ2v) is 8.39. The van der Waals surface area contributed by atoms with Crippen molar-refractivity contribution in [3.05, 3.63) is 34.9 Å². The first-order valence-corrected chi connectivity index (χ1v) is 10.2. The molecule has 3 aliphatic heterocycles. The first-order valence-electron chi connectivity index (χ1n) is 10.2. The van der Waals surface area contributed by atoms with Gasteiger partial charge < -0.3 is 15.5 Å². The van der Waals surface area contributed by atoms with E-state index in [1.165, 1.54) is 0 Å². The zero-order valence-electron chi connectivity index (χ0n) is 16.5. The van der Waals surface area contributed by atoms with Crippen molar-refractivity contribution < 1.29 is 14.4 Å². The Hall–Kier alpha value is -2.25. The lowest BCUT2D eigenvalue weighted by molar-refractivity contribution is -0.136. The zero-order chi connectivity index (χ0) is 19.8. The van der Waals surface area contributed by atoms with E-state index in [4.69, 9.17) is 0 Å². The van der Waals surface area contributed by atoms with Crippen molar-refractivity contribution in [3.63, 3.8) is 0 Å². The molecule has 4 rings (SSSR count). The average Bonchev–Trinajstić information content (AvgIpc) is 3.25. The van der Waals surface area contributed by atoms with Crippen molar-refractivity contribution in [3.8, 4) is 0 Å². The molecule has 2 saturated heterocycles. The van der Waals surface area contributed by atoms with E-state index < -0.39 is 6.04 Å². The predicted molar refractivity (Wildman–Crippen MR) is 104 cm³/mol. The minimum Gasteiger partial charge on any atom is -0.322 e. The van der Waals surface area contributed by atoms with Gasteiger partial charge in [-0.1, -0.05) is 26.0 Å². The van der Waals surface area contributed by atoms with Crippen molar-refractivity contribution in [2.24, 2.45) is 5.92 Å². The van der Waals surface area contributed by atoms with Crippen molar-refractivity contribution in [2.75, 3.05) is 6.54 Å². The van der Waals surface area contributed by atoms with Crippen LogP contribution < -0.4 is 16.0 Å². The highest BCUT2D eigenvalue weighted by Gasteiger charge is 2.39. The summed E-state index contributed by atoms with van der Waals surface area (Å²) in [6, 6.07) is 6.31. The van der Waals surface area contributed by atoms with Crippen LogP contribution in [0.5, 0.6) is 0 Å². The van der Waals surface area contributed by atoms with E-state index in [9.17, 15) is 14.4 Å². The number of carbonyl (C=O) groups is 3. The third kappa shape index (κ3) is 3.56. The zero-order valence-corrected chi connectivity index (χ0v) is 16.5. The van der Waals surface area contributed by atoms with Crippen LogP contribution in [0, 0.1) is 5.92 Å². The molecule has 0 spiro atoms. The monoisotopic (exact) mass is 384 g/mol. The minimum atomic E-state index is -0.560. The van der Waals surface area contributed by atoms with Gasteiger partial charge in [-0.3, -0.25) is 19.7 Å². The number of piperidine rings is 1. The molecule has 1 unspecified atom stereocenters. The number of fused-ring (bicyclic) bond motifs is 1. The number of imide groups is 1. The molecule has 7 heteroatoms. The van der Waals surface area contributed by atoms with E-state index in [2.05, 4.69) is 35.9 Å². The lowest BCUT2D eigenvalue weighted by Gasteiger charge is -2.29. The highest BCUT2D eigenvalue weighted by Crippen LogP contribution is 2.28. The highest BCUT2D eigenvalue weighted by molar-refractivity contribution is 6.05. The molecule has 0 aliphatic carbocycles. The molecule has 0 radical (unpaired) electrons. The molecule has 3 amide bonds. The fourth-order valence-electron chi connectivity index (χ4n) is 4.64. The molecule has 3 N–H and O–H groups in total. The van der Waals surface area contributed by atoms with Crippen LogP contribution in [0.1, 0.15) is 54.6 Å². The van der Waals surface area contributed by atoms with Crippen LogP contribution in [-0.2, 0) is 22.7 Å². The highest BCUT2D eigenvalue weighted by atomic mass is 16.2.